The first-order valence-corrected chi connectivity index (χ1v) is 6.07. The number of benzene rings is 1. The number of amides is 1. The zero-order chi connectivity index (χ0) is 13.3. The molecule has 3 N–H and O–H groups in total. The minimum Gasteiger partial charge on any atom is -0.397 e. The predicted molar refractivity (Wildman–Crippen MR) is 72.5 cm³/mol. The Morgan fingerprint density at radius 2 is 2.11 bits per heavy atom. The maximum atomic E-state index is 11.9. The monoisotopic (exact) mass is 309 g/mol. The third-order valence-electron chi connectivity index (χ3n) is 2.36. The molecule has 0 atom stereocenters. The predicted octanol–water partition coefficient (Wildman–Crippen LogP) is 2.89. The number of nitrogen functional groups attached to an aromatic ring is 1. The molecule has 5 nitrogen and oxygen atoms in total. The first-order chi connectivity index (χ1) is 8.47. The topological polar surface area (TPSA) is 81.1 Å². The summed E-state index contributed by atoms with van der Waals surface area (Å²) in [4.78, 5) is 11.9. The van der Waals surface area contributed by atoms with Gasteiger partial charge in [-0.15, -0.1) is 0 Å². The van der Waals surface area contributed by atoms with Gasteiger partial charge in [0.05, 0.1) is 11.4 Å². The number of nitrogens with one attached hydrogen (secondary N) is 1. The molecular weight excluding hydrogens is 298 g/mol. The van der Waals surface area contributed by atoms with Crippen molar-refractivity contribution in [3.63, 3.8) is 0 Å². The SMILES string of the molecule is Cc1cc(N)c(NC(=O)c2cc(C)on2)c(Br)c1. The second kappa shape index (κ2) is 4.81. The molecule has 6 heteroatoms. The Bertz CT molecular complexity index is 584. The fourth-order valence-corrected chi connectivity index (χ4v) is 2.24. The number of nitrogens with two attached hydrogens (primary N) is 1. The Morgan fingerprint density at radius 3 is 2.67 bits per heavy atom. The van der Waals surface area contributed by atoms with Gasteiger partial charge >= 0.3 is 0 Å². The molecule has 0 aliphatic carbocycles. The molecule has 0 bridgehead atoms. The molecule has 0 radical (unpaired) electrons. The number of aryl methyl sites for hydroxylation is 2. The van der Waals surface area contributed by atoms with Crippen molar-refractivity contribution in [1.29, 1.82) is 0 Å². The molecule has 94 valence electrons. The molecule has 0 saturated carbocycles. The largest absolute Gasteiger partial charge is 0.397 e. The Labute approximate surface area is 112 Å². The molecule has 1 heterocycles. The van der Waals surface area contributed by atoms with Gasteiger partial charge in [-0.3, -0.25) is 4.79 Å². The van der Waals surface area contributed by atoms with Gasteiger partial charge in [0.1, 0.15) is 5.76 Å². The van der Waals surface area contributed by atoms with Gasteiger partial charge in [-0.05, 0) is 47.5 Å². The van der Waals surface area contributed by atoms with E-state index in [9.17, 15) is 4.79 Å². The van der Waals surface area contributed by atoms with E-state index in [0.717, 1.165) is 10.0 Å². The van der Waals surface area contributed by atoms with Crippen molar-refractivity contribution >= 4 is 33.2 Å². The van der Waals surface area contributed by atoms with Crippen LogP contribution >= 0.6 is 15.9 Å². The maximum absolute atomic E-state index is 11.9. The summed E-state index contributed by atoms with van der Waals surface area (Å²) in [6.45, 7) is 3.65. The van der Waals surface area contributed by atoms with Crippen LogP contribution in [0.25, 0.3) is 0 Å². The highest BCUT2D eigenvalue weighted by Crippen LogP contribution is 2.30. The van der Waals surface area contributed by atoms with Crippen LogP contribution in [0.1, 0.15) is 21.8 Å². The molecule has 1 aromatic heterocycles. The molecular formula is C12H12BrN3O2. The van der Waals surface area contributed by atoms with Gasteiger partial charge in [0.25, 0.3) is 5.91 Å². The van der Waals surface area contributed by atoms with Crippen molar-refractivity contribution in [3.8, 4) is 0 Å². The molecule has 0 saturated heterocycles. The minimum atomic E-state index is -0.358. The highest BCUT2D eigenvalue weighted by atomic mass is 79.9. The summed E-state index contributed by atoms with van der Waals surface area (Å²) in [5.41, 5.74) is 8.13. The summed E-state index contributed by atoms with van der Waals surface area (Å²) in [5.74, 6) is 0.221. The molecule has 1 aromatic carbocycles. The van der Waals surface area contributed by atoms with E-state index in [4.69, 9.17) is 10.3 Å². The Morgan fingerprint density at radius 1 is 1.39 bits per heavy atom. The molecule has 2 rings (SSSR count). The van der Waals surface area contributed by atoms with Crippen molar-refractivity contribution in [3.05, 3.63) is 39.7 Å². The summed E-state index contributed by atoms with van der Waals surface area (Å²) in [6, 6.07) is 5.22. The van der Waals surface area contributed by atoms with Gasteiger partial charge in [0.15, 0.2) is 5.69 Å². The second-order valence-electron chi connectivity index (χ2n) is 3.99. The lowest BCUT2D eigenvalue weighted by atomic mass is 10.2. The van der Waals surface area contributed by atoms with E-state index in [0.29, 0.717) is 17.1 Å². The highest BCUT2D eigenvalue weighted by Gasteiger charge is 2.14. The smallest absolute Gasteiger partial charge is 0.277 e. The van der Waals surface area contributed by atoms with E-state index in [1.165, 1.54) is 0 Å². The van der Waals surface area contributed by atoms with Gasteiger partial charge in [-0.2, -0.15) is 0 Å². The highest BCUT2D eigenvalue weighted by molar-refractivity contribution is 9.10. The normalized spacial score (nSPS) is 10.4. The zero-order valence-corrected chi connectivity index (χ0v) is 11.5. The molecule has 1 amide bonds. The summed E-state index contributed by atoms with van der Waals surface area (Å²) in [6.07, 6.45) is 0. The molecule has 0 unspecified atom stereocenters. The van der Waals surface area contributed by atoms with Crippen molar-refractivity contribution in [2.24, 2.45) is 0 Å². The Kier molecular flexibility index (Phi) is 3.38. The van der Waals surface area contributed by atoms with E-state index in [1.54, 1.807) is 19.1 Å². The van der Waals surface area contributed by atoms with Crippen molar-refractivity contribution in [2.45, 2.75) is 13.8 Å². The number of halogens is 1. The molecule has 0 aliphatic heterocycles. The van der Waals surface area contributed by atoms with Crippen molar-refractivity contribution < 1.29 is 9.32 Å². The van der Waals surface area contributed by atoms with Crippen LogP contribution in [0, 0.1) is 13.8 Å². The van der Waals surface area contributed by atoms with Crippen LogP contribution in [0.5, 0.6) is 0 Å². The Balaban J connectivity index is 2.27. The lowest BCUT2D eigenvalue weighted by Gasteiger charge is -2.10. The number of carbonyl (C=O) groups is 1. The molecule has 0 fully saturated rings. The van der Waals surface area contributed by atoms with Crippen LogP contribution in [0.2, 0.25) is 0 Å². The standard InChI is InChI=1S/C12H12BrN3O2/c1-6-3-8(13)11(9(14)4-6)15-12(17)10-5-7(2)18-16-10/h3-5H,14H2,1-2H3,(H,15,17). The van der Waals surface area contributed by atoms with Crippen molar-refractivity contribution in [2.75, 3.05) is 11.1 Å². The van der Waals surface area contributed by atoms with Gasteiger partial charge in [-0.25, -0.2) is 0 Å². The molecule has 0 spiro atoms. The number of anilines is 2. The fraction of sp³-hybridized carbons (Fsp3) is 0.167. The van der Waals surface area contributed by atoms with E-state index in [-0.39, 0.29) is 11.6 Å². The minimum absolute atomic E-state index is 0.222. The quantitative estimate of drug-likeness (QED) is 0.836. The summed E-state index contributed by atoms with van der Waals surface area (Å²) in [5, 5.41) is 6.35. The van der Waals surface area contributed by atoms with Crippen LogP contribution in [-0.2, 0) is 0 Å². The third kappa shape index (κ3) is 2.53. The summed E-state index contributed by atoms with van der Waals surface area (Å²) < 4.78 is 5.58. The van der Waals surface area contributed by atoms with Crippen LogP contribution in [0.4, 0.5) is 11.4 Å². The number of rotatable bonds is 2. The zero-order valence-electron chi connectivity index (χ0n) is 9.95. The van der Waals surface area contributed by atoms with E-state index in [1.807, 2.05) is 13.0 Å². The fourth-order valence-electron chi connectivity index (χ4n) is 1.55. The lowest BCUT2D eigenvalue weighted by Crippen LogP contribution is -2.14. The molecule has 18 heavy (non-hydrogen) atoms. The average Bonchev–Trinajstić information content (AvgIpc) is 2.70. The average molecular weight is 310 g/mol. The van der Waals surface area contributed by atoms with Gasteiger partial charge in [0, 0.05) is 10.5 Å². The summed E-state index contributed by atoms with van der Waals surface area (Å²) in [7, 11) is 0. The number of aromatic nitrogens is 1. The van der Waals surface area contributed by atoms with Crippen LogP contribution in [-0.4, -0.2) is 11.1 Å². The van der Waals surface area contributed by atoms with Gasteiger partial charge in [-0.1, -0.05) is 5.16 Å². The maximum Gasteiger partial charge on any atom is 0.277 e. The van der Waals surface area contributed by atoms with E-state index >= 15 is 0 Å². The first-order valence-electron chi connectivity index (χ1n) is 5.27. The first kappa shape index (κ1) is 12.6. The van der Waals surface area contributed by atoms with Crippen LogP contribution in [0.15, 0.2) is 27.2 Å². The molecule has 0 aliphatic rings. The second-order valence-corrected chi connectivity index (χ2v) is 4.84. The summed E-state index contributed by atoms with van der Waals surface area (Å²) >= 11 is 3.37. The number of hydrogen-bond donors (Lipinski definition) is 2. The van der Waals surface area contributed by atoms with Crippen molar-refractivity contribution in [1.82, 2.24) is 5.16 Å². The van der Waals surface area contributed by atoms with Gasteiger partial charge < -0.3 is 15.6 Å². The number of hydrogen-bond acceptors (Lipinski definition) is 4. The lowest BCUT2D eigenvalue weighted by molar-refractivity contribution is 0.101. The number of carbonyl (C=O) groups excluding carboxylic acids is 1. The molecule has 2 aromatic rings. The van der Waals surface area contributed by atoms with Crippen LogP contribution < -0.4 is 11.1 Å². The third-order valence-corrected chi connectivity index (χ3v) is 2.99. The van der Waals surface area contributed by atoms with E-state index < -0.39 is 0 Å². The Hall–Kier alpha value is -1.82. The van der Waals surface area contributed by atoms with Gasteiger partial charge in [0.2, 0.25) is 0 Å². The number of nitrogens with zero attached hydrogens (tertiary/aromatic N) is 1. The van der Waals surface area contributed by atoms with Crippen LogP contribution in [0.3, 0.4) is 0 Å². The van der Waals surface area contributed by atoms with E-state index in [2.05, 4.69) is 26.4 Å².